The zero-order valence-corrected chi connectivity index (χ0v) is 6.33. The molecule has 0 amide bonds. The molecule has 2 nitrogen and oxygen atoms in total. The van der Waals surface area contributed by atoms with Crippen LogP contribution in [0.15, 0.2) is 24.5 Å². The molecule has 0 bridgehead atoms. The first-order valence-electron chi connectivity index (χ1n) is 3.42. The van der Waals surface area contributed by atoms with E-state index >= 15 is 0 Å². The van der Waals surface area contributed by atoms with E-state index in [1.54, 1.807) is 6.20 Å². The summed E-state index contributed by atoms with van der Waals surface area (Å²) >= 11 is 0. The molecule has 0 aliphatic carbocycles. The van der Waals surface area contributed by atoms with E-state index in [9.17, 15) is 0 Å². The van der Waals surface area contributed by atoms with Gasteiger partial charge in [0.15, 0.2) is 0 Å². The average molecular weight is 136 g/mol. The maximum atomic E-state index is 4.01. The van der Waals surface area contributed by atoms with E-state index in [4.69, 9.17) is 0 Å². The van der Waals surface area contributed by atoms with E-state index in [0.717, 1.165) is 0 Å². The molecule has 54 valence electrons. The largest absolute Gasteiger partial charge is 0.313 e. The molecule has 1 unspecified atom stereocenters. The second kappa shape index (κ2) is 3.32. The van der Waals surface area contributed by atoms with Gasteiger partial charge in [-0.25, -0.2) is 0 Å². The predicted molar refractivity (Wildman–Crippen MR) is 41.7 cm³/mol. The fourth-order valence-corrected chi connectivity index (χ4v) is 0.799. The van der Waals surface area contributed by atoms with Crippen molar-refractivity contribution in [3.05, 3.63) is 30.1 Å². The number of nitrogens with one attached hydrogen (secondary N) is 1. The van der Waals surface area contributed by atoms with Crippen LogP contribution in [0.3, 0.4) is 0 Å². The SMILES string of the molecule is CNC(C)c1cccnc1. The lowest BCUT2D eigenvalue weighted by molar-refractivity contribution is 0.649. The summed E-state index contributed by atoms with van der Waals surface area (Å²) in [6, 6.07) is 4.41. The zero-order chi connectivity index (χ0) is 7.40. The molecule has 0 radical (unpaired) electrons. The number of hydrogen-bond acceptors (Lipinski definition) is 2. The van der Waals surface area contributed by atoms with Crippen LogP contribution in [0.4, 0.5) is 0 Å². The Bertz CT molecular complexity index is 184. The highest BCUT2D eigenvalue weighted by molar-refractivity contribution is 5.12. The van der Waals surface area contributed by atoms with Crippen molar-refractivity contribution in [2.24, 2.45) is 0 Å². The van der Waals surface area contributed by atoms with Crippen molar-refractivity contribution in [1.82, 2.24) is 10.3 Å². The zero-order valence-electron chi connectivity index (χ0n) is 6.33. The van der Waals surface area contributed by atoms with E-state index in [2.05, 4.69) is 23.3 Å². The van der Waals surface area contributed by atoms with Crippen LogP contribution in [-0.4, -0.2) is 12.0 Å². The normalized spacial score (nSPS) is 13.0. The summed E-state index contributed by atoms with van der Waals surface area (Å²) in [6.07, 6.45) is 3.66. The molecule has 0 saturated heterocycles. The number of nitrogens with zero attached hydrogens (tertiary/aromatic N) is 1. The van der Waals surface area contributed by atoms with Crippen molar-refractivity contribution in [3.63, 3.8) is 0 Å². The van der Waals surface area contributed by atoms with E-state index in [0.29, 0.717) is 6.04 Å². The molecular formula is C8H12N2. The fourth-order valence-electron chi connectivity index (χ4n) is 0.799. The van der Waals surface area contributed by atoms with Gasteiger partial charge in [-0.3, -0.25) is 4.98 Å². The summed E-state index contributed by atoms with van der Waals surface area (Å²) < 4.78 is 0. The summed E-state index contributed by atoms with van der Waals surface area (Å²) in [5.74, 6) is 0. The minimum Gasteiger partial charge on any atom is -0.313 e. The Kier molecular flexibility index (Phi) is 2.40. The summed E-state index contributed by atoms with van der Waals surface area (Å²) in [5.41, 5.74) is 1.23. The molecule has 1 aromatic heterocycles. The standard InChI is InChI=1S/C8H12N2/c1-7(9-2)8-4-3-5-10-6-8/h3-7,9H,1-2H3. The Balaban J connectivity index is 2.75. The third-order valence-electron chi connectivity index (χ3n) is 1.62. The Morgan fingerprint density at radius 3 is 2.90 bits per heavy atom. The van der Waals surface area contributed by atoms with E-state index in [-0.39, 0.29) is 0 Å². The van der Waals surface area contributed by atoms with Crippen LogP contribution < -0.4 is 5.32 Å². The monoisotopic (exact) mass is 136 g/mol. The second-order valence-corrected chi connectivity index (χ2v) is 2.30. The Morgan fingerprint density at radius 2 is 2.40 bits per heavy atom. The van der Waals surface area contributed by atoms with Gasteiger partial charge < -0.3 is 5.32 Å². The fraction of sp³-hybridized carbons (Fsp3) is 0.375. The van der Waals surface area contributed by atoms with Crippen LogP contribution in [0, 0.1) is 0 Å². The first-order chi connectivity index (χ1) is 4.84. The van der Waals surface area contributed by atoms with Crippen molar-refractivity contribution in [2.75, 3.05) is 7.05 Å². The molecule has 0 fully saturated rings. The number of hydrogen-bond donors (Lipinski definition) is 1. The summed E-state index contributed by atoms with van der Waals surface area (Å²) in [6.45, 7) is 2.11. The van der Waals surface area contributed by atoms with Gasteiger partial charge in [0, 0.05) is 18.4 Å². The van der Waals surface area contributed by atoms with E-state index in [1.165, 1.54) is 5.56 Å². The minimum absolute atomic E-state index is 0.397. The Labute approximate surface area is 61.3 Å². The van der Waals surface area contributed by atoms with Crippen LogP contribution in [0.2, 0.25) is 0 Å². The van der Waals surface area contributed by atoms with Crippen LogP contribution in [0.25, 0.3) is 0 Å². The number of aromatic nitrogens is 1. The first-order valence-corrected chi connectivity index (χ1v) is 3.42. The molecule has 2 heteroatoms. The highest BCUT2D eigenvalue weighted by atomic mass is 14.9. The molecule has 1 atom stereocenters. The third kappa shape index (κ3) is 1.54. The van der Waals surface area contributed by atoms with Crippen LogP contribution in [-0.2, 0) is 0 Å². The van der Waals surface area contributed by atoms with E-state index in [1.807, 2.05) is 19.3 Å². The summed E-state index contributed by atoms with van der Waals surface area (Å²) in [5, 5.41) is 3.14. The van der Waals surface area contributed by atoms with Crippen molar-refractivity contribution in [1.29, 1.82) is 0 Å². The lowest BCUT2D eigenvalue weighted by atomic mass is 10.1. The minimum atomic E-state index is 0.397. The lowest BCUT2D eigenvalue weighted by Crippen LogP contribution is -2.12. The van der Waals surface area contributed by atoms with E-state index < -0.39 is 0 Å². The van der Waals surface area contributed by atoms with Gasteiger partial charge in [0.2, 0.25) is 0 Å². The smallest absolute Gasteiger partial charge is 0.0315 e. The molecular weight excluding hydrogens is 124 g/mol. The van der Waals surface area contributed by atoms with Crippen molar-refractivity contribution >= 4 is 0 Å². The average Bonchev–Trinajstić information content (AvgIpc) is 2.05. The molecule has 1 rings (SSSR count). The maximum Gasteiger partial charge on any atom is 0.0315 e. The Morgan fingerprint density at radius 1 is 1.60 bits per heavy atom. The maximum absolute atomic E-state index is 4.01. The molecule has 0 aromatic carbocycles. The highest BCUT2D eigenvalue weighted by Gasteiger charge is 1.98. The predicted octanol–water partition coefficient (Wildman–Crippen LogP) is 1.36. The molecule has 1 N–H and O–H groups in total. The quantitative estimate of drug-likeness (QED) is 0.664. The molecule has 0 saturated carbocycles. The van der Waals surface area contributed by atoms with Gasteiger partial charge in [0.1, 0.15) is 0 Å². The molecule has 1 heterocycles. The third-order valence-corrected chi connectivity index (χ3v) is 1.62. The van der Waals surface area contributed by atoms with Gasteiger partial charge in [-0.2, -0.15) is 0 Å². The molecule has 0 spiro atoms. The number of rotatable bonds is 2. The summed E-state index contributed by atoms with van der Waals surface area (Å²) in [4.78, 5) is 4.01. The van der Waals surface area contributed by atoms with Crippen LogP contribution in [0.1, 0.15) is 18.5 Å². The van der Waals surface area contributed by atoms with Gasteiger partial charge in [-0.1, -0.05) is 6.07 Å². The topological polar surface area (TPSA) is 24.9 Å². The van der Waals surface area contributed by atoms with Crippen molar-refractivity contribution < 1.29 is 0 Å². The molecule has 0 aliphatic rings. The van der Waals surface area contributed by atoms with Crippen molar-refractivity contribution in [2.45, 2.75) is 13.0 Å². The first kappa shape index (κ1) is 7.22. The van der Waals surface area contributed by atoms with Crippen LogP contribution >= 0.6 is 0 Å². The number of pyridine rings is 1. The lowest BCUT2D eigenvalue weighted by Gasteiger charge is -2.08. The second-order valence-electron chi connectivity index (χ2n) is 2.30. The Hall–Kier alpha value is -0.890. The van der Waals surface area contributed by atoms with Gasteiger partial charge in [-0.05, 0) is 25.6 Å². The molecule has 0 aliphatic heterocycles. The van der Waals surface area contributed by atoms with Gasteiger partial charge in [0.25, 0.3) is 0 Å². The highest BCUT2D eigenvalue weighted by Crippen LogP contribution is 2.07. The molecule has 1 aromatic rings. The van der Waals surface area contributed by atoms with Gasteiger partial charge >= 0.3 is 0 Å². The molecule has 10 heavy (non-hydrogen) atoms. The van der Waals surface area contributed by atoms with Crippen LogP contribution in [0.5, 0.6) is 0 Å². The van der Waals surface area contributed by atoms with Gasteiger partial charge in [-0.15, -0.1) is 0 Å². The summed E-state index contributed by atoms with van der Waals surface area (Å²) in [7, 11) is 1.94. The van der Waals surface area contributed by atoms with Crippen molar-refractivity contribution in [3.8, 4) is 0 Å². The van der Waals surface area contributed by atoms with Gasteiger partial charge in [0.05, 0.1) is 0 Å².